The van der Waals surface area contributed by atoms with Crippen LogP contribution in [0, 0.1) is 11.8 Å². The Bertz CT molecular complexity index is 153. The van der Waals surface area contributed by atoms with Gasteiger partial charge in [0.15, 0.2) is 0 Å². The Labute approximate surface area is 89.9 Å². The van der Waals surface area contributed by atoms with Crippen molar-refractivity contribution in [3.63, 3.8) is 0 Å². The van der Waals surface area contributed by atoms with Crippen molar-refractivity contribution in [2.75, 3.05) is 13.1 Å². The summed E-state index contributed by atoms with van der Waals surface area (Å²) < 4.78 is 0. The number of nitrogens with zero attached hydrogens (tertiary/aromatic N) is 1. The molecule has 14 heavy (non-hydrogen) atoms. The van der Waals surface area contributed by atoms with Gasteiger partial charge in [-0.05, 0) is 38.6 Å². The molecule has 84 valence electrons. The molecule has 0 aromatic heterocycles. The van der Waals surface area contributed by atoms with Gasteiger partial charge in [-0.15, -0.1) is 0 Å². The van der Waals surface area contributed by atoms with Crippen LogP contribution in [-0.4, -0.2) is 24.0 Å². The molecule has 0 N–H and O–H groups in total. The van der Waals surface area contributed by atoms with Gasteiger partial charge < -0.3 is 4.90 Å². The molecular formula is C13H27N. The van der Waals surface area contributed by atoms with Gasteiger partial charge in [0.2, 0.25) is 0 Å². The van der Waals surface area contributed by atoms with Gasteiger partial charge in [0.1, 0.15) is 0 Å². The minimum absolute atomic E-state index is 0.740. The summed E-state index contributed by atoms with van der Waals surface area (Å²) in [5.74, 6) is 1.92. The Kier molecular flexibility index (Phi) is 4.94. The first-order valence-electron chi connectivity index (χ1n) is 6.39. The first-order valence-corrected chi connectivity index (χ1v) is 6.39. The van der Waals surface area contributed by atoms with Crippen molar-refractivity contribution in [3.05, 3.63) is 0 Å². The molecule has 2 unspecified atom stereocenters. The lowest BCUT2D eigenvalue weighted by atomic mass is 9.83. The van der Waals surface area contributed by atoms with E-state index in [1.54, 1.807) is 0 Å². The number of hydrogen-bond acceptors (Lipinski definition) is 1. The number of likely N-dealkylation sites (tertiary alicyclic amines) is 1. The van der Waals surface area contributed by atoms with E-state index < -0.39 is 0 Å². The molecule has 2 atom stereocenters. The van der Waals surface area contributed by atoms with Gasteiger partial charge in [0.25, 0.3) is 0 Å². The van der Waals surface area contributed by atoms with Crippen LogP contribution >= 0.6 is 0 Å². The minimum atomic E-state index is 0.740. The summed E-state index contributed by atoms with van der Waals surface area (Å²) in [4.78, 5) is 2.63. The van der Waals surface area contributed by atoms with Crippen molar-refractivity contribution in [2.24, 2.45) is 11.8 Å². The van der Waals surface area contributed by atoms with Crippen LogP contribution in [0.4, 0.5) is 0 Å². The summed E-state index contributed by atoms with van der Waals surface area (Å²) in [5, 5.41) is 0. The van der Waals surface area contributed by atoms with Crippen LogP contribution in [0.2, 0.25) is 0 Å². The second-order valence-electron chi connectivity index (χ2n) is 5.26. The highest BCUT2D eigenvalue weighted by Gasteiger charge is 2.26. The second kappa shape index (κ2) is 5.75. The number of piperidine rings is 1. The van der Waals surface area contributed by atoms with E-state index in [0.29, 0.717) is 0 Å². The van der Waals surface area contributed by atoms with Crippen molar-refractivity contribution < 1.29 is 0 Å². The first kappa shape index (κ1) is 12.0. The van der Waals surface area contributed by atoms with E-state index >= 15 is 0 Å². The Hall–Kier alpha value is -0.0400. The molecule has 0 amide bonds. The fourth-order valence-electron chi connectivity index (χ4n) is 2.59. The molecule has 1 saturated heterocycles. The van der Waals surface area contributed by atoms with E-state index in [-0.39, 0.29) is 0 Å². The maximum Gasteiger partial charge on any atom is 0.00387 e. The largest absolute Gasteiger partial charge is 0.301 e. The van der Waals surface area contributed by atoms with E-state index in [9.17, 15) is 0 Å². The zero-order valence-electron chi connectivity index (χ0n) is 10.4. The van der Waals surface area contributed by atoms with E-state index in [1.165, 1.54) is 38.8 Å². The Balaban J connectivity index is 2.32. The van der Waals surface area contributed by atoms with E-state index in [2.05, 4.69) is 32.6 Å². The molecule has 0 spiro atoms. The smallest absolute Gasteiger partial charge is 0.00387 e. The maximum absolute atomic E-state index is 2.63. The highest BCUT2D eigenvalue weighted by atomic mass is 15.2. The summed E-state index contributed by atoms with van der Waals surface area (Å²) >= 11 is 0. The zero-order chi connectivity index (χ0) is 10.6. The van der Waals surface area contributed by atoms with Gasteiger partial charge in [-0.25, -0.2) is 0 Å². The predicted octanol–water partition coefficient (Wildman–Crippen LogP) is 3.54. The van der Waals surface area contributed by atoms with E-state index in [1.807, 2.05) is 0 Å². The first-order chi connectivity index (χ1) is 6.65. The second-order valence-corrected chi connectivity index (χ2v) is 5.26. The Morgan fingerprint density at radius 2 is 2.07 bits per heavy atom. The van der Waals surface area contributed by atoms with Crippen molar-refractivity contribution in [3.8, 4) is 0 Å². The summed E-state index contributed by atoms with van der Waals surface area (Å²) in [6.07, 6.45) is 5.68. The van der Waals surface area contributed by atoms with E-state index in [0.717, 1.165) is 17.9 Å². The third-order valence-electron chi connectivity index (χ3n) is 3.77. The number of hydrogen-bond donors (Lipinski definition) is 0. The lowest BCUT2D eigenvalue weighted by Crippen LogP contribution is -2.42. The molecule has 0 radical (unpaired) electrons. The quantitative estimate of drug-likeness (QED) is 0.666. The molecule has 1 fully saturated rings. The molecular weight excluding hydrogens is 170 g/mol. The number of rotatable bonds is 4. The highest BCUT2D eigenvalue weighted by molar-refractivity contribution is 4.79. The van der Waals surface area contributed by atoms with Gasteiger partial charge in [-0.3, -0.25) is 0 Å². The van der Waals surface area contributed by atoms with Gasteiger partial charge in [-0.1, -0.05) is 33.1 Å². The van der Waals surface area contributed by atoms with Crippen molar-refractivity contribution >= 4 is 0 Å². The van der Waals surface area contributed by atoms with Crippen LogP contribution in [0.25, 0.3) is 0 Å². The van der Waals surface area contributed by atoms with Gasteiger partial charge in [0, 0.05) is 12.6 Å². The van der Waals surface area contributed by atoms with Crippen molar-refractivity contribution in [2.45, 2.75) is 59.4 Å². The molecule has 0 aromatic rings. The van der Waals surface area contributed by atoms with Crippen molar-refractivity contribution in [1.29, 1.82) is 0 Å². The zero-order valence-corrected chi connectivity index (χ0v) is 10.4. The molecule has 1 heterocycles. The van der Waals surface area contributed by atoms with Crippen LogP contribution in [0.5, 0.6) is 0 Å². The SMILES string of the molecule is CCCCC1CCN(C(C)C)CC1C. The molecule has 0 aromatic carbocycles. The summed E-state index contributed by atoms with van der Waals surface area (Å²) in [5.41, 5.74) is 0. The fourth-order valence-corrected chi connectivity index (χ4v) is 2.59. The Morgan fingerprint density at radius 1 is 1.36 bits per heavy atom. The van der Waals surface area contributed by atoms with Crippen LogP contribution in [0.15, 0.2) is 0 Å². The molecule has 0 saturated carbocycles. The van der Waals surface area contributed by atoms with E-state index in [4.69, 9.17) is 0 Å². The van der Waals surface area contributed by atoms with Crippen LogP contribution in [0.3, 0.4) is 0 Å². The predicted molar refractivity (Wildman–Crippen MR) is 63.5 cm³/mol. The lowest BCUT2D eigenvalue weighted by Gasteiger charge is -2.39. The van der Waals surface area contributed by atoms with Crippen LogP contribution < -0.4 is 0 Å². The standard InChI is InChI=1S/C13H27N/c1-5-6-7-13-8-9-14(11(2)3)10-12(13)4/h11-13H,5-10H2,1-4H3. The summed E-state index contributed by atoms with van der Waals surface area (Å²) in [6.45, 7) is 12.0. The molecule has 1 aliphatic heterocycles. The Morgan fingerprint density at radius 3 is 2.57 bits per heavy atom. The molecule has 1 nitrogen and oxygen atoms in total. The van der Waals surface area contributed by atoms with Crippen LogP contribution in [-0.2, 0) is 0 Å². The fraction of sp³-hybridized carbons (Fsp3) is 1.00. The normalized spacial score (nSPS) is 29.8. The average molecular weight is 197 g/mol. The van der Waals surface area contributed by atoms with Crippen molar-refractivity contribution in [1.82, 2.24) is 4.90 Å². The van der Waals surface area contributed by atoms with Gasteiger partial charge in [0.05, 0.1) is 0 Å². The number of unbranched alkanes of at least 4 members (excludes halogenated alkanes) is 1. The molecule has 0 bridgehead atoms. The highest BCUT2D eigenvalue weighted by Crippen LogP contribution is 2.28. The average Bonchev–Trinajstić information content (AvgIpc) is 2.15. The maximum atomic E-state index is 2.63. The minimum Gasteiger partial charge on any atom is -0.301 e. The summed E-state index contributed by atoms with van der Waals surface area (Å²) in [7, 11) is 0. The van der Waals surface area contributed by atoms with Crippen LogP contribution in [0.1, 0.15) is 53.4 Å². The molecule has 1 rings (SSSR count). The van der Waals surface area contributed by atoms with Gasteiger partial charge in [-0.2, -0.15) is 0 Å². The third kappa shape index (κ3) is 3.27. The third-order valence-corrected chi connectivity index (χ3v) is 3.77. The summed E-state index contributed by atoms with van der Waals surface area (Å²) in [6, 6.07) is 0.740. The molecule has 1 aliphatic rings. The topological polar surface area (TPSA) is 3.24 Å². The molecule has 1 heteroatoms. The van der Waals surface area contributed by atoms with Gasteiger partial charge >= 0.3 is 0 Å². The monoisotopic (exact) mass is 197 g/mol. The molecule has 0 aliphatic carbocycles. The lowest BCUT2D eigenvalue weighted by molar-refractivity contribution is 0.0968.